The Hall–Kier alpha value is -2.35. The maximum absolute atomic E-state index is 10.7. The summed E-state index contributed by atoms with van der Waals surface area (Å²) in [7, 11) is 0. The topological polar surface area (TPSA) is 112 Å². The van der Waals surface area contributed by atoms with E-state index < -0.39 is 5.91 Å². The second-order valence-electron chi connectivity index (χ2n) is 3.63. The Labute approximate surface area is 121 Å². The van der Waals surface area contributed by atoms with Gasteiger partial charge in [0.1, 0.15) is 0 Å². The molecule has 0 atom stereocenters. The number of amides is 1. The van der Waals surface area contributed by atoms with Gasteiger partial charge < -0.3 is 20.9 Å². The minimum Gasteiger partial charge on any atom is -0.490 e. The molecule has 0 spiro atoms. The molecule has 0 fully saturated rings. The number of ether oxygens (including phenoxy) is 2. The van der Waals surface area contributed by atoms with Gasteiger partial charge in [0.15, 0.2) is 23.2 Å². The van der Waals surface area contributed by atoms with Gasteiger partial charge in [-0.25, -0.2) is 0 Å². The van der Waals surface area contributed by atoms with Gasteiger partial charge >= 0.3 is 0 Å². The summed E-state index contributed by atoms with van der Waals surface area (Å²) in [6, 6.07) is 5.12. The number of nitrogens with two attached hydrogens (primary N) is 2. The minimum absolute atomic E-state index is 0.0766. The molecule has 1 amide bonds. The molecule has 0 aliphatic heterocycles. The second-order valence-corrected chi connectivity index (χ2v) is 4.07. The van der Waals surface area contributed by atoms with Crippen LogP contribution >= 0.6 is 12.2 Å². The Morgan fingerprint density at radius 3 is 2.75 bits per heavy atom. The molecule has 0 aromatic heterocycles. The predicted molar refractivity (Wildman–Crippen MR) is 79.8 cm³/mol. The highest BCUT2D eigenvalue weighted by Crippen LogP contribution is 2.27. The summed E-state index contributed by atoms with van der Waals surface area (Å²) in [5.74, 6) is 0.372. The molecule has 1 aromatic carbocycles. The summed E-state index contributed by atoms with van der Waals surface area (Å²) in [5.41, 5.74) is 13.5. The van der Waals surface area contributed by atoms with Crippen molar-refractivity contribution >= 4 is 29.5 Å². The van der Waals surface area contributed by atoms with Crippen molar-refractivity contribution in [3.8, 4) is 11.5 Å². The van der Waals surface area contributed by atoms with Crippen LogP contribution in [-0.2, 0) is 4.79 Å². The largest absolute Gasteiger partial charge is 0.490 e. The van der Waals surface area contributed by atoms with Gasteiger partial charge in [-0.2, -0.15) is 5.10 Å². The number of hydrogen-bond donors (Lipinski definition) is 3. The standard InChI is InChI=1S/C12H16N4O3S/c1-2-18-10-5-8(6-15-16-12(14)20)3-4-9(10)19-7-11(13)17/h3-6H,2,7H2,1H3,(H2,13,17)(H3,14,16,20)/b15-6+. The van der Waals surface area contributed by atoms with Crippen LogP contribution in [0.2, 0.25) is 0 Å². The lowest BCUT2D eigenvalue weighted by Gasteiger charge is -2.11. The monoisotopic (exact) mass is 296 g/mol. The zero-order valence-electron chi connectivity index (χ0n) is 11.0. The number of carbonyl (C=O) groups excluding carboxylic acids is 1. The number of benzene rings is 1. The second kappa shape index (κ2) is 7.95. The van der Waals surface area contributed by atoms with Crippen LogP contribution in [0.5, 0.6) is 11.5 Å². The van der Waals surface area contributed by atoms with Crippen LogP contribution in [0, 0.1) is 0 Å². The average molecular weight is 296 g/mol. The zero-order chi connectivity index (χ0) is 15.0. The number of hydrogen-bond acceptors (Lipinski definition) is 5. The van der Waals surface area contributed by atoms with Crippen LogP contribution in [0.3, 0.4) is 0 Å². The van der Waals surface area contributed by atoms with Gasteiger partial charge in [0.05, 0.1) is 12.8 Å². The quantitative estimate of drug-likeness (QED) is 0.374. The van der Waals surface area contributed by atoms with E-state index in [2.05, 4.69) is 22.7 Å². The molecule has 7 nitrogen and oxygen atoms in total. The molecule has 8 heteroatoms. The third-order valence-electron chi connectivity index (χ3n) is 2.03. The van der Waals surface area contributed by atoms with Gasteiger partial charge in [0.25, 0.3) is 5.91 Å². The fraction of sp³-hybridized carbons (Fsp3) is 0.250. The van der Waals surface area contributed by atoms with E-state index in [1.165, 1.54) is 6.21 Å². The molecular formula is C12H16N4O3S. The average Bonchev–Trinajstić information content (AvgIpc) is 2.37. The lowest BCUT2D eigenvalue weighted by atomic mass is 10.2. The lowest BCUT2D eigenvalue weighted by molar-refractivity contribution is -0.119. The molecule has 0 saturated heterocycles. The van der Waals surface area contributed by atoms with Crippen molar-refractivity contribution in [3.05, 3.63) is 23.8 Å². The molecule has 0 saturated carbocycles. The van der Waals surface area contributed by atoms with Crippen molar-refractivity contribution in [1.29, 1.82) is 0 Å². The van der Waals surface area contributed by atoms with Gasteiger partial charge in [-0.3, -0.25) is 10.2 Å². The van der Waals surface area contributed by atoms with Crippen molar-refractivity contribution in [2.45, 2.75) is 6.92 Å². The molecule has 0 aliphatic carbocycles. The van der Waals surface area contributed by atoms with Crippen LogP contribution in [-0.4, -0.2) is 30.4 Å². The van der Waals surface area contributed by atoms with Gasteiger partial charge in [-0.1, -0.05) is 0 Å². The third kappa shape index (κ3) is 5.53. The SMILES string of the molecule is CCOc1cc(/C=N/NC(N)=S)ccc1OCC(N)=O. The maximum atomic E-state index is 10.7. The Morgan fingerprint density at radius 1 is 1.40 bits per heavy atom. The van der Waals surface area contributed by atoms with Gasteiger partial charge in [-0.05, 0) is 42.9 Å². The summed E-state index contributed by atoms with van der Waals surface area (Å²) < 4.78 is 10.7. The molecule has 0 aliphatic rings. The molecule has 0 heterocycles. The van der Waals surface area contributed by atoms with E-state index in [4.69, 9.17) is 20.9 Å². The van der Waals surface area contributed by atoms with Crippen LogP contribution in [0.15, 0.2) is 23.3 Å². The van der Waals surface area contributed by atoms with E-state index in [0.717, 1.165) is 5.56 Å². The highest BCUT2D eigenvalue weighted by molar-refractivity contribution is 7.80. The van der Waals surface area contributed by atoms with Crippen LogP contribution in [0.4, 0.5) is 0 Å². The Balaban J connectivity index is 2.85. The summed E-state index contributed by atoms with van der Waals surface area (Å²) in [6.07, 6.45) is 1.53. The van der Waals surface area contributed by atoms with Gasteiger partial charge in [0.2, 0.25) is 0 Å². The number of carbonyl (C=O) groups is 1. The minimum atomic E-state index is -0.557. The summed E-state index contributed by atoms with van der Waals surface area (Å²) in [4.78, 5) is 10.7. The van der Waals surface area contributed by atoms with Crippen molar-refractivity contribution in [1.82, 2.24) is 5.43 Å². The van der Waals surface area contributed by atoms with E-state index in [1.54, 1.807) is 18.2 Å². The number of primary amides is 1. The third-order valence-corrected chi connectivity index (χ3v) is 2.12. The van der Waals surface area contributed by atoms with E-state index in [9.17, 15) is 4.79 Å². The molecule has 1 rings (SSSR count). The van der Waals surface area contributed by atoms with Crippen molar-refractivity contribution in [2.24, 2.45) is 16.6 Å². The summed E-state index contributed by atoms with van der Waals surface area (Å²) in [5, 5.41) is 3.91. The van der Waals surface area contributed by atoms with Gasteiger partial charge in [0, 0.05) is 0 Å². The zero-order valence-corrected chi connectivity index (χ0v) is 11.8. The number of nitrogens with one attached hydrogen (secondary N) is 1. The first kappa shape index (κ1) is 15.7. The summed E-state index contributed by atoms with van der Waals surface area (Å²) >= 11 is 4.62. The Morgan fingerprint density at radius 2 is 2.15 bits per heavy atom. The lowest BCUT2D eigenvalue weighted by Crippen LogP contribution is -2.24. The molecule has 5 N–H and O–H groups in total. The highest BCUT2D eigenvalue weighted by Gasteiger charge is 2.07. The number of thiocarbonyl (C=S) groups is 1. The summed E-state index contributed by atoms with van der Waals surface area (Å²) in [6.45, 7) is 2.09. The normalized spacial score (nSPS) is 10.2. The fourth-order valence-electron chi connectivity index (χ4n) is 1.31. The molecule has 0 bridgehead atoms. The van der Waals surface area contributed by atoms with E-state index >= 15 is 0 Å². The van der Waals surface area contributed by atoms with Gasteiger partial charge in [-0.15, -0.1) is 0 Å². The molecular weight excluding hydrogens is 280 g/mol. The predicted octanol–water partition coefficient (Wildman–Crippen LogP) is 0.117. The van der Waals surface area contributed by atoms with Crippen molar-refractivity contribution < 1.29 is 14.3 Å². The van der Waals surface area contributed by atoms with Crippen LogP contribution < -0.4 is 26.4 Å². The highest BCUT2D eigenvalue weighted by atomic mass is 32.1. The van der Waals surface area contributed by atoms with E-state index in [1.807, 2.05) is 6.92 Å². The Bertz CT molecular complexity index is 519. The van der Waals surface area contributed by atoms with E-state index in [0.29, 0.717) is 18.1 Å². The van der Waals surface area contributed by atoms with Crippen molar-refractivity contribution in [2.75, 3.05) is 13.2 Å². The van der Waals surface area contributed by atoms with Crippen molar-refractivity contribution in [3.63, 3.8) is 0 Å². The molecule has 0 unspecified atom stereocenters. The molecule has 1 aromatic rings. The Kier molecular flexibility index (Phi) is 6.24. The first-order valence-corrected chi connectivity index (χ1v) is 6.20. The number of nitrogens with zero attached hydrogens (tertiary/aromatic N) is 1. The maximum Gasteiger partial charge on any atom is 0.255 e. The molecule has 108 valence electrons. The first-order chi connectivity index (χ1) is 9.52. The van der Waals surface area contributed by atoms with Crippen LogP contribution in [0.1, 0.15) is 12.5 Å². The smallest absolute Gasteiger partial charge is 0.255 e. The number of hydrazone groups is 1. The molecule has 20 heavy (non-hydrogen) atoms. The fourth-order valence-corrected chi connectivity index (χ4v) is 1.36. The first-order valence-electron chi connectivity index (χ1n) is 5.79. The molecule has 0 radical (unpaired) electrons. The van der Waals surface area contributed by atoms with Crippen LogP contribution in [0.25, 0.3) is 0 Å². The van der Waals surface area contributed by atoms with E-state index in [-0.39, 0.29) is 11.7 Å². The number of rotatable bonds is 7.